The molecule has 0 unspecified atom stereocenters. The highest BCUT2D eigenvalue weighted by Gasteiger charge is 2.21. The molecule has 3 aromatic rings. The summed E-state index contributed by atoms with van der Waals surface area (Å²) in [6, 6.07) is 18.4. The molecule has 0 aliphatic carbocycles. The number of nitrogens with zero attached hydrogens (tertiary/aromatic N) is 2. The average Bonchev–Trinajstić information content (AvgIpc) is 3.12. The number of alkyl halides is 1. The lowest BCUT2D eigenvalue weighted by Crippen LogP contribution is -1.98. The molecule has 6 heteroatoms. The van der Waals surface area contributed by atoms with Gasteiger partial charge in [-0.1, -0.05) is 54.1 Å². The first kappa shape index (κ1) is 17.5. The summed E-state index contributed by atoms with van der Waals surface area (Å²) in [5.74, 6) is -0.202. The minimum absolute atomic E-state index is 0.0778. The number of hydrogen-bond acceptors (Lipinski definition) is 4. The maximum absolute atomic E-state index is 10.5. The number of aliphatic hydroxyl groups excluding tert-OH is 1. The van der Waals surface area contributed by atoms with Gasteiger partial charge in [0.25, 0.3) is 0 Å². The standard InChI is InChI=1S/C19H12Cl2N2OS/c20-14-8-6-12(7-9-14)16-11-25-19(23-16)15(10-22)18(24)17(21)13-4-2-1-3-5-13/h1-9,11,17,24H/t17-/m1/s1. The Hall–Kier alpha value is -2.32. The van der Waals surface area contributed by atoms with Gasteiger partial charge in [0.1, 0.15) is 27.8 Å². The molecule has 25 heavy (non-hydrogen) atoms. The lowest BCUT2D eigenvalue weighted by atomic mass is 10.1. The van der Waals surface area contributed by atoms with E-state index in [1.165, 1.54) is 11.3 Å². The van der Waals surface area contributed by atoms with Crippen LogP contribution >= 0.6 is 34.5 Å². The molecule has 124 valence electrons. The normalized spacial score (nSPS) is 13.0. The Morgan fingerprint density at radius 1 is 1.12 bits per heavy atom. The van der Waals surface area contributed by atoms with E-state index in [-0.39, 0.29) is 11.3 Å². The molecule has 0 aliphatic rings. The van der Waals surface area contributed by atoms with Crippen molar-refractivity contribution in [1.29, 1.82) is 5.26 Å². The molecule has 0 amide bonds. The van der Waals surface area contributed by atoms with E-state index in [4.69, 9.17) is 23.2 Å². The maximum atomic E-state index is 10.5. The van der Waals surface area contributed by atoms with Crippen molar-refractivity contribution in [3.8, 4) is 17.3 Å². The van der Waals surface area contributed by atoms with Crippen LogP contribution in [-0.2, 0) is 0 Å². The maximum Gasteiger partial charge on any atom is 0.138 e. The summed E-state index contributed by atoms with van der Waals surface area (Å²) in [7, 11) is 0. The van der Waals surface area contributed by atoms with Crippen LogP contribution in [0.1, 0.15) is 15.9 Å². The lowest BCUT2D eigenvalue weighted by Gasteiger charge is -2.10. The molecule has 3 nitrogen and oxygen atoms in total. The number of aliphatic hydroxyl groups is 1. The summed E-state index contributed by atoms with van der Waals surface area (Å²) in [4.78, 5) is 4.45. The number of halogens is 2. The first-order valence-corrected chi connectivity index (χ1v) is 9.03. The SMILES string of the molecule is N#CC(=C(O)[C@H](Cl)c1ccccc1)c1nc(-c2ccc(Cl)cc2)cs1. The Labute approximate surface area is 159 Å². The van der Waals surface area contributed by atoms with E-state index in [2.05, 4.69) is 4.98 Å². The van der Waals surface area contributed by atoms with Crippen LogP contribution < -0.4 is 0 Å². The Morgan fingerprint density at radius 3 is 2.44 bits per heavy atom. The molecule has 0 bridgehead atoms. The highest BCUT2D eigenvalue weighted by molar-refractivity contribution is 7.11. The van der Waals surface area contributed by atoms with Crippen molar-refractivity contribution in [3.05, 3.63) is 81.3 Å². The second kappa shape index (κ2) is 7.71. The Bertz CT molecular complexity index is 944. The number of benzene rings is 2. The molecular weight excluding hydrogens is 375 g/mol. The minimum atomic E-state index is -0.807. The molecule has 0 saturated carbocycles. The van der Waals surface area contributed by atoms with E-state index in [9.17, 15) is 10.4 Å². The van der Waals surface area contributed by atoms with Crippen molar-refractivity contribution in [2.75, 3.05) is 0 Å². The van der Waals surface area contributed by atoms with Crippen LogP contribution in [0.5, 0.6) is 0 Å². The third-order valence-corrected chi connectivity index (χ3v) is 5.13. The van der Waals surface area contributed by atoms with E-state index in [0.29, 0.717) is 21.3 Å². The van der Waals surface area contributed by atoms with Gasteiger partial charge in [0, 0.05) is 16.0 Å². The first-order valence-electron chi connectivity index (χ1n) is 7.34. The van der Waals surface area contributed by atoms with E-state index in [0.717, 1.165) is 5.56 Å². The molecule has 1 heterocycles. The minimum Gasteiger partial charge on any atom is -0.509 e. The van der Waals surface area contributed by atoms with Crippen molar-refractivity contribution in [2.24, 2.45) is 0 Å². The molecule has 1 aromatic heterocycles. The summed E-state index contributed by atoms with van der Waals surface area (Å²) in [5.41, 5.74) is 2.38. The van der Waals surface area contributed by atoms with Crippen LogP contribution in [0.4, 0.5) is 0 Å². The van der Waals surface area contributed by atoms with Crippen molar-refractivity contribution < 1.29 is 5.11 Å². The first-order chi connectivity index (χ1) is 12.1. The predicted molar refractivity (Wildman–Crippen MR) is 103 cm³/mol. The number of aromatic nitrogens is 1. The molecule has 0 fully saturated rings. The molecular formula is C19H12Cl2N2OS. The molecule has 3 rings (SSSR count). The van der Waals surface area contributed by atoms with Gasteiger partial charge in [-0.25, -0.2) is 4.98 Å². The largest absolute Gasteiger partial charge is 0.509 e. The number of allylic oxidation sites excluding steroid dienone is 2. The molecule has 1 atom stereocenters. The van der Waals surface area contributed by atoms with Crippen LogP contribution in [0.15, 0.2) is 65.7 Å². The molecule has 2 aromatic carbocycles. The van der Waals surface area contributed by atoms with Crippen molar-refractivity contribution in [1.82, 2.24) is 4.98 Å². The van der Waals surface area contributed by atoms with Gasteiger partial charge in [-0.15, -0.1) is 22.9 Å². The fourth-order valence-corrected chi connectivity index (χ4v) is 3.47. The van der Waals surface area contributed by atoms with Gasteiger partial charge < -0.3 is 5.11 Å². The van der Waals surface area contributed by atoms with Gasteiger partial charge in [-0.2, -0.15) is 5.26 Å². The van der Waals surface area contributed by atoms with Crippen molar-refractivity contribution in [2.45, 2.75) is 5.38 Å². The molecule has 0 spiro atoms. The number of hydrogen-bond donors (Lipinski definition) is 1. The zero-order valence-corrected chi connectivity index (χ0v) is 15.2. The van der Waals surface area contributed by atoms with Crippen LogP contribution in [0, 0.1) is 11.3 Å². The molecule has 0 radical (unpaired) electrons. The second-order valence-electron chi connectivity index (χ2n) is 5.19. The average molecular weight is 387 g/mol. The van der Waals surface area contributed by atoms with Gasteiger partial charge in [0.05, 0.1) is 5.69 Å². The van der Waals surface area contributed by atoms with Crippen LogP contribution in [0.2, 0.25) is 5.02 Å². The third-order valence-electron chi connectivity index (χ3n) is 3.56. The second-order valence-corrected chi connectivity index (χ2v) is 6.92. The fraction of sp³-hybridized carbons (Fsp3) is 0.0526. The summed E-state index contributed by atoms with van der Waals surface area (Å²) >= 11 is 13.5. The van der Waals surface area contributed by atoms with Crippen LogP contribution in [0.3, 0.4) is 0 Å². The zero-order valence-electron chi connectivity index (χ0n) is 12.9. The van der Waals surface area contributed by atoms with E-state index in [1.807, 2.05) is 41.8 Å². The summed E-state index contributed by atoms with van der Waals surface area (Å²) in [6.45, 7) is 0. The predicted octanol–water partition coefficient (Wildman–Crippen LogP) is 6.24. The molecule has 0 aliphatic heterocycles. The molecule has 1 N–H and O–H groups in total. The monoisotopic (exact) mass is 386 g/mol. The Kier molecular flexibility index (Phi) is 5.40. The van der Waals surface area contributed by atoms with Gasteiger partial charge >= 0.3 is 0 Å². The van der Waals surface area contributed by atoms with Gasteiger partial charge in [0.2, 0.25) is 0 Å². The van der Waals surface area contributed by atoms with Crippen LogP contribution in [-0.4, -0.2) is 10.1 Å². The van der Waals surface area contributed by atoms with Crippen molar-refractivity contribution >= 4 is 40.1 Å². The smallest absolute Gasteiger partial charge is 0.138 e. The topological polar surface area (TPSA) is 56.9 Å². The summed E-state index contributed by atoms with van der Waals surface area (Å²) < 4.78 is 0. The van der Waals surface area contributed by atoms with Gasteiger partial charge in [0.15, 0.2) is 0 Å². The number of nitriles is 1. The highest BCUT2D eigenvalue weighted by atomic mass is 35.5. The van der Waals surface area contributed by atoms with E-state index in [1.54, 1.807) is 24.3 Å². The van der Waals surface area contributed by atoms with E-state index < -0.39 is 5.38 Å². The zero-order chi connectivity index (χ0) is 17.8. The quantitative estimate of drug-likeness (QED) is 0.328. The van der Waals surface area contributed by atoms with E-state index >= 15 is 0 Å². The highest BCUT2D eigenvalue weighted by Crippen LogP contribution is 2.34. The summed E-state index contributed by atoms with van der Waals surface area (Å²) in [5, 5.41) is 22.0. The van der Waals surface area contributed by atoms with Gasteiger partial charge in [-0.3, -0.25) is 0 Å². The van der Waals surface area contributed by atoms with Crippen molar-refractivity contribution in [3.63, 3.8) is 0 Å². The van der Waals surface area contributed by atoms with Crippen LogP contribution in [0.25, 0.3) is 16.8 Å². The lowest BCUT2D eigenvalue weighted by molar-refractivity contribution is 0.397. The number of thiazole rings is 1. The Morgan fingerprint density at radius 2 is 1.80 bits per heavy atom. The van der Waals surface area contributed by atoms with Gasteiger partial charge in [-0.05, 0) is 17.7 Å². The molecule has 0 saturated heterocycles. The Balaban J connectivity index is 1.96. The fourth-order valence-electron chi connectivity index (χ4n) is 2.26. The summed E-state index contributed by atoms with van der Waals surface area (Å²) in [6.07, 6.45) is 0. The number of rotatable bonds is 4. The third kappa shape index (κ3) is 3.85.